The van der Waals surface area contributed by atoms with Gasteiger partial charge in [-0.25, -0.2) is 9.59 Å². The molecule has 6 heteroatoms. The molecule has 90 valence electrons. The number of aromatic hydroxyl groups is 1. The second-order valence-electron chi connectivity index (χ2n) is 3.65. The van der Waals surface area contributed by atoms with Gasteiger partial charge in [0.25, 0.3) is 0 Å². The molecule has 0 atom stereocenters. The van der Waals surface area contributed by atoms with Gasteiger partial charge in [0.2, 0.25) is 5.88 Å². The third-order valence-electron chi connectivity index (χ3n) is 2.49. The quantitative estimate of drug-likeness (QED) is 0.694. The van der Waals surface area contributed by atoms with Crippen LogP contribution in [0, 0.1) is 0 Å². The fourth-order valence-electron chi connectivity index (χ4n) is 1.73. The molecule has 2 heterocycles. The Hall–Kier alpha value is -2.76. The van der Waals surface area contributed by atoms with E-state index < -0.39 is 11.9 Å². The lowest BCUT2D eigenvalue weighted by molar-refractivity contribution is -0.141. The van der Waals surface area contributed by atoms with Crippen LogP contribution in [-0.2, 0) is 9.59 Å². The van der Waals surface area contributed by atoms with E-state index in [4.69, 9.17) is 9.57 Å². The molecule has 1 aromatic carbocycles. The van der Waals surface area contributed by atoms with E-state index >= 15 is 0 Å². The van der Waals surface area contributed by atoms with Crippen LogP contribution in [0.4, 0.5) is 0 Å². The first kappa shape index (κ1) is 10.4. The van der Waals surface area contributed by atoms with Crippen molar-refractivity contribution < 1.29 is 24.3 Å². The van der Waals surface area contributed by atoms with Crippen LogP contribution < -0.4 is 9.57 Å². The predicted molar refractivity (Wildman–Crippen MR) is 60.0 cm³/mol. The SMILES string of the molecule is O=C1/C=C/C(=O)On2c(cc3c(O)cccc32)O1. The summed E-state index contributed by atoms with van der Waals surface area (Å²) in [6, 6.07) is 6.13. The molecular weight excluding hydrogens is 238 g/mol. The molecule has 0 bridgehead atoms. The summed E-state index contributed by atoms with van der Waals surface area (Å²) in [7, 11) is 0. The third kappa shape index (κ3) is 1.51. The Morgan fingerprint density at radius 2 is 1.89 bits per heavy atom. The van der Waals surface area contributed by atoms with Gasteiger partial charge < -0.3 is 14.7 Å². The number of rotatable bonds is 0. The maximum atomic E-state index is 11.4. The Labute approximate surface area is 101 Å². The molecule has 1 aliphatic heterocycles. The van der Waals surface area contributed by atoms with E-state index in [1.807, 2.05) is 0 Å². The van der Waals surface area contributed by atoms with Gasteiger partial charge in [0, 0.05) is 23.6 Å². The third-order valence-corrected chi connectivity index (χ3v) is 2.49. The Kier molecular flexibility index (Phi) is 2.09. The zero-order valence-electron chi connectivity index (χ0n) is 8.99. The smallest absolute Gasteiger partial charge is 0.356 e. The molecule has 0 saturated carbocycles. The van der Waals surface area contributed by atoms with Crippen LogP contribution in [0.2, 0.25) is 0 Å². The number of aromatic nitrogens is 1. The highest BCUT2D eigenvalue weighted by Gasteiger charge is 2.19. The molecule has 1 aliphatic rings. The van der Waals surface area contributed by atoms with E-state index in [9.17, 15) is 14.7 Å². The minimum atomic E-state index is -0.700. The van der Waals surface area contributed by atoms with Crippen molar-refractivity contribution in [3.63, 3.8) is 0 Å². The number of hydrogen-bond acceptors (Lipinski definition) is 5. The number of benzene rings is 1. The normalized spacial score (nSPS) is 16.4. The van der Waals surface area contributed by atoms with Crippen LogP contribution in [0.5, 0.6) is 11.6 Å². The molecule has 0 saturated heterocycles. The van der Waals surface area contributed by atoms with E-state index in [1.54, 1.807) is 12.1 Å². The second-order valence-corrected chi connectivity index (χ2v) is 3.65. The maximum Gasteiger partial charge on any atom is 0.356 e. The number of carbonyl (C=O) groups excluding carboxylic acids is 2. The minimum Gasteiger partial charge on any atom is -0.507 e. The van der Waals surface area contributed by atoms with Gasteiger partial charge in [0.05, 0.1) is 5.52 Å². The van der Waals surface area contributed by atoms with Gasteiger partial charge in [-0.3, -0.25) is 0 Å². The van der Waals surface area contributed by atoms with E-state index in [1.165, 1.54) is 12.1 Å². The lowest BCUT2D eigenvalue weighted by atomic mass is 10.2. The average Bonchev–Trinajstić information content (AvgIpc) is 2.65. The fraction of sp³-hybridized carbons (Fsp3) is 0. The Morgan fingerprint density at radius 1 is 1.11 bits per heavy atom. The van der Waals surface area contributed by atoms with Gasteiger partial charge in [-0.2, -0.15) is 0 Å². The lowest BCUT2D eigenvalue weighted by Gasteiger charge is -2.10. The van der Waals surface area contributed by atoms with Crippen LogP contribution in [0.15, 0.2) is 36.4 Å². The summed E-state index contributed by atoms with van der Waals surface area (Å²) in [5.41, 5.74) is 0.432. The molecule has 0 radical (unpaired) electrons. The van der Waals surface area contributed by atoms with Gasteiger partial charge in [-0.1, -0.05) is 6.07 Å². The van der Waals surface area contributed by atoms with Crippen molar-refractivity contribution in [1.29, 1.82) is 0 Å². The molecule has 18 heavy (non-hydrogen) atoms. The van der Waals surface area contributed by atoms with Crippen LogP contribution in [0.3, 0.4) is 0 Å². The highest BCUT2D eigenvalue weighted by Crippen LogP contribution is 2.31. The summed E-state index contributed by atoms with van der Waals surface area (Å²) < 4.78 is 6.04. The zero-order chi connectivity index (χ0) is 12.7. The highest BCUT2D eigenvalue weighted by molar-refractivity contribution is 5.95. The average molecular weight is 245 g/mol. The molecule has 3 rings (SSSR count). The van der Waals surface area contributed by atoms with E-state index in [2.05, 4.69) is 0 Å². The van der Waals surface area contributed by atoms with Gasteiger partial charge >= 0.3 is 11.9 Å². The van der Waals surface area contributed by atoms with E-state index in [-0.39, 0.29) is 11.6 Å². The Balaban J connectivity index is 2.27. The molecule has 6 nitrogen and oxygen atoms in total. The molecule has 1 N–H and O–H groups in total. The van der Waals surface area contributed by atoms with Gasteiger partial charge in [0.1, 0.15) is 5.75 Å². The van der Waals surface area contributed by atoms with Crippen molar-refractivity contribution in [2.45, 2.75) is 0 Å². The Morgan fingerprint density at radius 3 is 2.72 bits per heavy atom. The van der Waals surface area contributed by atoms with Crippen LogP contribution in [-0.4, -0.2) is 21.8 Å². The van der Waals surface area contributed by atoms with Crippen LogP contribution in [0.1, 0.15) is 0 Å². The number of carbonyl (C=O) groups is 2. The molecule has 0 spiro atoms. The van der Waals surface area contributed by atoms with Crippen molar-refractivity contribution >= 4 is 22.8 Å². The number of phenolic OH excluding ortho intramolecular Hbond substituents is 1. The summed E-state index contributed by atoms with van der Waals surface area (Å²) in [4.78, 5) is 27.7. The van der Waals surface area contributed by atoms with Crippen LogP contribution >= 0.6 is 0 Å². The standard InChI is InChI=1S/C12H7NO5/c14-9-3-1-2-8-7(9)6-10-13(8)18-12(16)5-4-11(15)17-10/h1-6,14H/b5-4+. The van der Waals surface area contributed by atoms with Crippen molar-refractivity contribution in [2.24, 2.45) is 0 Å². The fourth-order valence-corrected chi connectivity index (χ4v) is 1.73. The summed E-state index contributed by atoms with van der Waals surface area (Å²) in [5, 5.41) is 10.1. The minimum absolute atomic E-state index is 0.00630. The largest absolute Gasteiger partial charge is 0.507 e. The van der Waals surface area contributed by atoms with Gasteiger partial charge in [-0.05, 0) is 12.1 Å². The summed E-state index contributed by atoms with van der Waals surface area (Å²) >= 11 is 0. The maximum absolute atomic E-state index is 11.4. The monoisotopic (exact) mass is 245 g/mol. The van der Waals surface area contributed by atoms with Crippen molar-refractivity contribution in [2.75, 3.05) is 0 Å². The van der Waals surface area contributed by atoms with Gasteiger partial charge in [-0.15, -0.1) is 4.73 Å². The number of fused-ring (bicyclic) bond motifs is 3. The first-order valence-corrected chi connectivity index (χ1v) is 5.11. The first-order valence-electron chi connectivity index (χ1n) is 5.11. The van der Waals surface area contributed by atoms with Crippen molar-refractivity contribution in [1.82, 2.24) is 4.73 Å². The topological polar surface area (TPSA) is 77.8 Å². The van der Waals surface area contributed by atoms with E-state index in [0.29, 0.717) is 10.9 Å². The number of nitrogens with zero attached hydrogens (tertiary/aromatic N) is 1. The molecule has 0 aliphatic carbocycles. The lowest BCUT2D eigenvalue weighted by Crippen LogP contribution is -2.22. The predicted octanol–water partition coefficient (Wildman–Crippen LogP) is 0.777. The number of hydrogen-bond donors (Lipinski definition) is 1. The number of phenols is 1. The molecule has 1 aromatic heterocycles. The van der Waals surface area contributed by atoms with Gasteiger partial charge in [0.15, 0.2) is 0 Å². The molecular formula is C12H7NO5. The van der Waals surface area contributed by atoms with Crippen molar-refractivity contribution in [3.05, 3.63) is 36.4 Å². The molecule has 0 unspecified atom stereocenters. The van der Waals surface area contributed by atoms with Crippen molar-refractivity contribution in [3.8, 4) is 11.6 Å². The second kappa shape index (κ2) is 3.63. The highest BCUT2D eigenvalue weighted by atomic mass is 16.7. The van der Waals surface area contributed by atoms with E-state index in [0.717, 1.165) is 16.9 Å². The molecule has 2 aromatic rings. The van der Waals surface area contributed by atoms with Crippen LogP contribution in [0.25, 0.3) is 10.9 Å². The zero-order valence-corrected chi connectivity index (χ0v) is 8.99. The Bertz CT molecular complexity index is 698. The molecule has 0 amide bonds. The molecule has 0 fully saturated rings. The summed E-state index contributed by atoms with van der Waals surface area (Å²) in [6.45, 7) is 0. The first-order chi connectivity index (χ1) is 8.65. The summed E-state index contributed by atoms with van der Waals surface area (Å²) in [6.07, 6.45) is 1.95. The number of esters is 1. The summed E-state index contributed by atoms with van der Waals surface area (Å²) in [5.74, 6) is -1.34. The number of ether oxygens (including phenoxy) is 1.